The third-order valence-electron chi connectivity index (χ3n) is 3.37. The molecule has 1 aliphatic heterocycles. The molecule has 0 bridgehead atoms. The Balaban J connectivity index is 1.84. The van der Waals surface area contributed by atoms with Crippen molar-refractivity contribution in [2.75, 3.05) is 11.1 Å². The van der Waals surface area contributed by atoms with Crippen molar-refractivity contribution < 1.29 is 4.79 Å². The lowest BCUT2D eigenvalue weighted by atomic mass is 10.0. The van der Waals surface area contributed by atoms with Crippen LogP contribution in [-0.4, -0.2) is 11.7 Å². The van der Waals surface area contributed by atoms with E-state index >= 15 is 0 Å². The van der Waals surface area contributed by atoms with Crippen molar-refractivity contribution in [1.29, 1.82) is 5.26 Å². The van der Waals surface area contributed by atoms with Crippen LogP contribution >= 0.6 is 23.4 Å². The van der Waals surface area contributed by atoms with Crippen molar-refractivity contribution in [2.24, 2.45) is 0 Å². The molecule has 0 saturated heterocycles. The van der Waals surface area contributed by atoms with Gasteiger partial charge in [0.2, 0.25) is 5.91 Å². The van der Waals surface area contributed by atoms with E-state index in [4.69, 9.17) is 16.9 Å². The number of nitriles is 1. The van der Waals surface area contributed by atoms with Crippen molar-refractivity contribution in [2.45, 2.75) is 10.8 Å². The zero-order valence-electron chi connectivity index (χ0n) is 11.0. The van der Waals surface area contributed by atoms with Gasteiger partial charge in [-0.05, 0) is 29.8 Å². The second kappa shape index (κ2) is 5.80. The van der Waals surface area contributed by atoms with Gasteiger partial charge in [0, 0.05) is 10.6 Å². The quantitative estimate of drug-likeness (QED) is 0.910. The lowest BCUT2D eigenvalue weighted by Gasteiger charge is -2.13. The Morgan fingerprint density at radius 1 is 1.33 bits per heavy atom. The number of anilines is 1. The average molecular weight is 315 g/mol. The summed E-state index contributed by atoms with van der Waals surface area (Å²) in [4.78, 5) is 13.6. The largest absolute Gasteiger partial charge is 0.324 e. The minimum Gasteiger partial charge on any atom is -0.324 e. The van der Waals surface area contributed by atoms with Crippen LogP contribution in [0.25, 0.3) is 0 Å². The molecule has 0 aliphatic carbocycles. The van der Waals surface area contributed by atoms with Crippen molar-refractivity contribution in [3.63, 3.8) is 0 Å². The van der Waals surface area contributed by atoms with E-state index < -0.39 is 0 Å². The van der Waals surface area contributed by atoms with Crippen molar-refractivity contribution in [3.05, 3.63) is 58.6 Å². The van der Waals surface area contributed by atoms with E-state index in [-0.39, 0.29) is 11.8 Å². The molecule has 3 nitrogen and oxygen atoms in total. The highest BCUT2D eigenvalue weighted by molar-refractivity contribution is 7.99. The minimum atomic E-state index is -0.187. The maximum absolute atomic E-state index is 12.5. The second-order valence-corrected chi connectivity index (χ2v) is 6.17. The maximum atomic E-state index is 12.5. The monoisotopic (exact) mass is 314 g/mol. The number of fused-ring (bicyclic) bond motifs is 1. The summed E-state index contributed by atoms with van der Waals surface area (Å²) in [6.07, 6.45) is 0. The van der Waals surface area contributed by atoms with Gasteiger partial charge in [-0.1, -0.05) is 29.8 Å². The fraction of sp³-hybridized carbons (Fsp3) is 0.125. The molecule has 0 saturated carbocycles. The van der Waals surface area contributed by atoms with E-state index in [1.807, 2.05) is 30.3 Å². The van der Waals surface area contributed by atoms with Crippen LogP contribution in [0.2, 0.25) is 5.02 Å². The number of thioether (sulfide) groups is 1. The molecule has 0 spiro atoms. The first-order chi connectivity index (χ1) is 10.2. The topological polar surface area (TPSA) is 52.9 Å². The Labute approximate surface area is 131 Å². The van der Waals surface area contributed by atoms with Crippen molar-refractivity contribution in [3.8, 4) is 6.07 Å². The zero-order chi connectivity index (χ0) is 14.8. The predicted octanol–water partition coefficient (Wildman–Crippen LogP) is 4.04. The molecule has 1 heterocycles. The highest BCUT2D eigenvalue weighted by atomic mass is 35.5. The van der Waals surface area contributed by atoms with Gasteiger partial charge >= 0.3 is 0 Å². The van der Waals surface area contributed by atoms with Gasteiger partial charge in [-0.2, -0.15) is 5.26 Å². The predicted molar refractivity (Wildman–Crippen MR) is 84.7 cm³/mol. The molecule has 5 heteroatoms. The first-order valence-corrected chi connectivity index (χ1v) is 7.77. The van der Waals surface area contributed by atoms with Crippen LogP contribution in [0.5, 0.6) is 0 Å². The zero-order valence-corrected chi connectivity index (χ0v) is 12.5. The molecule has 1 N–H and O–H groups in total. The van der Waals surface area contributed by atoms with Gasteiger partial charge in [-0.3, -0.25) is 4.79 Å². The Bertz CT molecular complexity index is 754. The molecule has 2 aromatic carbocycles. The van der Waals surface area contributed by atoms with E-state index in [9.17, 15) is 4.79 Å². The molecular formula is C16H11ClN2OS. The Kier molecular flexibility index (Phi) is 3.87. The number of nitrogens with zero attached hydrogens (tertiary/aromatic N) is 1. The molecule has 0 radical (unpaired) electrons. The maximum Gasteiger partial charge on any atom is 0.232 e. The standard InChI is InChI=1S/C16H11ClN2OS/c17-13-6-5-10(8-18)7-14(13)19-16(20)12-9-21-15-4-2-1-3-11(12)15/h1-7,12H,9H2,(H,19,20). The molecule has 0 aromatic heterocycles. The molecule has 1 amide bonds. The van der Waals surface area contributed by atoms with Crippen LogP contribution in [0.15, 0.2) is 47.4 Å². The van der Waals surface area contributed by atoms with Gasteiger partial charge in [0.05, 0.1) is 28.3 Å². The third-order valence-corrected chi connectivity index (χ3v) is 4.88. The molecule has 1 aliphatic rings. The normalized spacial score (nSPS) is 16.1. The number of nitrogens with one attached hydrogen (secondary N) is 1. The molecule has 0 fully saturated rings. The molecule has 1 unspecified atom stereocenters. The summed E-state index contributed by atoms with van der Waals surface area (Å²) in [6, 6.07) is 14.8. The van der Waals surface area contributed by atoms with Gasteiger partial charge < -0.3 is 5.32 Å². The van der Waals surface area contributed by atoms with E-state index in [0.717, 1.165) is 16.2 Å². The fourth-order valence-electron chi connectivity index (χ4n) is 2.29. The van der Waals surface area contributed by atoms with Gasteiger partial charge in [0.1, 0.15) is 0 Å². The number of halogens is 1. The third kappa shape index (κ3) is 2.76. The van der Waals surface area contributed by atoms with E-state index in [2.05, 4.69) is 5.32 Å². The molecule has 1 atom stereocenters. The summed E-state index contributed by atoms with van der Waals surface area (Å²) >= 11 is 7.76. The minimum absolute atomic E-state index is 0.0931. The van der Waals surface area contributed by atoms with E-state index in [0.29, 0.717) is 16.3 Å². The van der Waals surface area contributed by atoms with Gasteiger partial charge in [0.25, 0.3) is 0 Å². The van der Waals surface area contributed by atoms with E-state index in [1.165, 1.54) is 0 Å². The molecular weight excluding hydrogens is 304 g/mol. The highest BCUT2D eigenvalue weighted by Gasteiger charge is 2.29. The van der Waals surface area contributed by atoms with Crippen LogP contribution in [0.3, 0.4) is 0 Å². The summed E-state index contributed by atoms with van der Waals surface area (Å²) in [7, 11) is 0. The molecule has 2 aromatic rings. The average Bonchev–Trinajstić information content (AvgIpc) is 2.93. The summed E-state index contributed by atoms with van der Waals surface area (Å²) in [5.41, 5.74) is 2.00. The lowest BCUT2D eigenvalue weighted by molar-refractivity contribution is -0.117. The first-order valence-electron chi connectivity index (χ1n) is 6.41. The number of benzene rings is 2. The number of hydrogen-bond acceptors (Lipinski definition) is 3. The van der Waals surface area contributed by atoms with Crippen LogP contribution < -0.4 is 5.32 Å². The van der Waals surface area contributed by atoms with Gasteiger partial charge in [0.15, 0.2) is 0 Å². The van der Waals surface area contributed by atoms with Crippen LogP contribution in [-0.2, 0) is 4.79 Å². The molecule has 3 rings (SSSR count). The fourth-order valence-corrected chi connectivity index (χ4v) is 3.68. The summed E-state index contributed by atoms with van der Waals surface area (Å²) in [5, 5.41) is 12.2. The number of amides is 1. The summed E-state index contributed by atoms with van der Waals surface area (Å²) in [5.74, 6) is 0.443. The van der Waals surface area contributed by atoms with Crippen molar-refractivity contribution in [1.82, 2.24) is 0 Å². The smallest absolute Gasteiger partial charge is 0.232 e. The Morgan fingerprint density at radius 2 is 2.14 bits per heavy atom. The van der Waals surface area contributed by atoms with Crippen LogP contribution in [0.1, 0.15) is 17.0 Å². The Morgan fingerprint density at radius 3 is 2.95 bits per heavy atom. The SMILES string of the molecule is N#Cc1ccc(Cl)c(NC(=O)C2CSc3ccccc32)c1. The Hall–Kier alpha value is -1.96. The first kappa shape index (κ1) is 14.0. The lowest BCUT2D eigenvalue weighted by Crippen LogP contribution is -2.21. The van der Waals surface area contributed by atoms with Gasteiger partial charge in [-0.25, -0.2) is 0 Å². The van der Waals surface area contributed by atoms with E-state index in [1.54, 1.807) is 30.0 Å². The van der Waals surface area contributed by atoms with Crippen LogP contribution in [0.4, 0.5) is 5.69 Å². The second-order valence-electron chi connectivity index (χ2n) is 4.70. The number of rotatable bonds is 2. The van der Waals surface area contributed by atoms with Crippen LogP contribution in [0, 0.1) is 11.3 Å². The highest BCUT2D eigenvalue weighted by Crippen LogP contribution is 2.40. The molecule has 104 valence electrons. The number of hydrogen-bond donors (Lipinski definition) is 1. The van der Waals surface area contributed by atoms with Crippen molar-refractivity contribution >= 4 is 35.0 Å². The number of carbonyl (C=O) groups excluding carboxylic acids is 1. The number of carbonyl (C=O) groups is 1. The summed E-state index contributed by atoms with van der Waals surface area (Å²) < 4.78 is 0. The summed E-state index contributed by atoms with van der Waals surface area (Å²) in [6.45, 7) is 0. The van der Waals surface area contributed by atoms with Gasteiger partial charge in [-0.15, -0.1) is 11.8 Å². The molecule has 21 heavy (non-hydrogen) atoms.